The summed E-state index contributed by atoms with van der Waals surface area (Å²) in [5, 5.41) is 35.1. The maximum absolute atomic E-state index is 9.28. The molecule has 0 fully saturated rings. The fraction of sp³-hybridized carbons (Fsp3) is 0.500. The molecule has 12 nitrogen and oxygen atoms in total. The second kappa shape index (κ2) is 32.6. The Morgan fingerprint density at radius 3 is 0.591 bits per heavy atom. The third-order valence-electron chi connectivity index (χ3n) is 0.469. The summed E-state index contributed by atoms with van der Waals surface area (Å²) >= 11 is 0. The van der Waals surface area contributed by atoms with Crippen LogP contribution in [0.5, 0.6) is 0 Å². The first-order valence-corrected chi connectivity index (χ1v) is 4.30. The molecular weight excluding hydrogens is 352 g/mol. The molecule has 0 rings (SSSR count). The van der Waals surface area contributed by atoms with Gasteiger partial charge >= 0.3 is 60.8 Å². The molecule has 0 aliphatic rings. The Hall–Kier alpha value is -0.254. The van der Waals surface area contributed by atoms with Gasteiger partial charge in [0.1, 0.15) is 0 Å². The van der Waals surface area contributed by atoms with Gasteiger partial charge in [-0.15, -0.1) is 0 Å². The standard InChI is InChI=1S/4C2H4O3.Ca.Mg/c4*1-2(3)5-4;;/h4*4H,1H3;;/q;;;;2*+2/p-4. The fourth-order valence-electron chi connectivity index (χ4n) is 0. The van der Waals surface area contributed by atoms with Crippen LogP contribution < -0.4 is 21.0 Å². The molecule has 120 valence electrons. The second-order valence-electron chi connectivity index (χ2n) is 2.30. The van der Waals surface area contributed by atoms with Crippen LogP contribution in [0, 0.1) is 0 Å². The Bertz CT molecular complexity index is 228. The predicted molar refractivity (Wildman–Crippen MR) is 58.6 cm³/mol. The van der Waals surface area contributed by atoms with E-state index in [9.17, 15) is 19.2 Å². The first kappa shape index (κ1) is 37.7. The van der Waals surface area contributed by atoms with E-state index in [-0.39, 0.29) is 60.8 Å². The van der Waals surface area contributed by atoms with Gasteiger partial charge in [0, 0.05) is 27.7 Å². The fourth-order valence-corrected chi connectivity index (χ4v) is 0. The van der Waals surface area contributed by atoms with Crippen molar-refractivity contribution >= 4 is 84.7 Å². The van der Waals surface area contributed by atoms with Gasteiger partial charge in [-0.1, -0.05) is 0 Å². The number of hydrogen-bond donors (Lipinski definition) is 0. The van der Waals surface area contributed by atoms with E-state index in [1.165, 1.54) is 0 Å². The Morgan fingerprint density at radius 2 is 0.591 bits per heavy atom. The zero-order valence-corrected chi connectivity index (χ0v) is 15.9. The van der Waals surface area contributed by atoms with E-state index in [0.717, 1.165) is 27.7 Å². The second-order valence-corrected chi connectivity index (χ2v) is 2.30. The van der Waals surface area contributed by atoms with Crippen LogP contribution in [-0.2, 0) is 38.7 Å². The Labute approximate surface area is 171 Å². The van der Waals surface area contributed by atoms with Crippen LogP contribution in [0.3, 0.4) is 0 Å². The summed E-state index contributed by atoms with van der Waals surface area (Å²) < 4.78 is 0. The molecule has 0 aromatic rings. The van der Waals surface area contributed by atoms with Crippen molar-refractivity contribution in [1.82, 2.24) is 0 Å². The van der Waals surface area contributed by atoms with Crippen LogP contribution in [0.25, 0.3) is 0 Å². The van der Waals surface area contributed by atoms with Gasteiger partial charge in [-0.2, -0.15) is 0 Å². The van der Waals surface area contributed by atoms with Crippen molar-refractivity contribution in [1.29, 1.82) is 0 Å². The molecule has 0 amide bonds. The number of carbonyl (C=O) groups is 4. The molecule has 0 saturated carbocycles. The largest absolute Gasteiger partial charge is 2.00 e. The van der Waals surface area contributed by atoms with Crippen molar-refractivity contribution in [3.05, 3.63) is 0 Å². The Morgan fingerprint density at radius 1 is 0.545 bits per heavy atom. The van der Waals surface area contributed by atoms with Gasteiger partial charge in [-0.25, -0.2) is 0 Å². The molecule has 0 spiro atoms. The van der Waals surface area contributed by atoms with Crippen molar-refractivity contribution in [3.8, 4) is 0 Å². The van der Waals surface area contributed by atoms with E-state index in [0.29, 0.717) is 0 Å². The summed E-state index contributed by atoms with van der Waals surface area (Å²) in [5.41, 5.74) is 0. The molecule has 0 N–H and O–H groups in total. The average Bonchev–Trinajstić information content (AvgIpc) is 2.40. The van der Waals surface area contributed by atoms with Gasteiger partial charge < -0.3 is 40.6 Å². The third kappa shape index (κ3) is 116. The molecular formula is C8H12CaMgO12. The minimum absolute atomic E-state index is 0. The average molecular weight is 365 g/mol. The summed E-state index contributed by atoms with van der Waals surface area (Å²) in [4.78, 5) is 48.6. The Kier molecular flexibility index (Phi) is 56.0. The summed E-state index contributed by atoms with van der Waals surface area (Å²) in [7, 11) is 0. The van der Waals surface area contributed by atoms with Gasteiger partial charge in [0.05, 0.1) is 0 Å². The van der Waals surface area contributed by atoms with Crippen LogP contribution in [0.1, 0.15) is 27.7 Å². The normalized spacial score (nSPS) is 6.18. The number of carbonyl (C=O) groups excluding carboxylic acids is 4. The molecule has 0 aliphatic heterocycles. The predicted octanol–water partition coefficient (Wildman–Crippen LogP) is -5.46. The maximum Gasteiger partial charge on any atom is 2.00 e. The maximum atomic E-state index is 9.28. The van der Waals surface area contributed by atoms with Crippen molar-refractivity contribution < 1.29 is 59.8 Å². The van der Waals surface area contributed by atoms with Crippen LogP contribution >= 0.6 is 0 Å². The van der Waals surface area contributed by atoms with E-state index in [1.807, 2.05) is 0 Å². The van der Waals surface area contributed by atoms with Crippen LogP contribution in [0.15, 0.2) is 0 Å². The van der Waals surface area contributed by atoms with Gasteiger partial charge in [-0.05, 0) is 0 Å². The van der Waals surface area contributed by atoms with Gasteiger partial charge in [0.2, 0.25) is 0 Å². The van der Waals surface area contributed by atoms with E-state index in [1.54, 1.807) is 0 Å². The van der Waals surface area contributed by atoms with Gasteiger partial charge in [0.15, 0.2) is 0 Å². The van der Waals surface area contributed by atoms with Gasteiger partial charge in [-0.3, -0.25) is 19.2 Å². The number of rotatable bonds is 0. The van der Waals surface area contributed by atoms with Crippen molar-refractivity contribution in [2.75, 3.05) is 0 Å². The molecule has 0 radical (unpaired) electrons. The zero-order chi connectivity index (χ0) is 17.1. The molecule has 0 saturated heterocycles. The molecule has 0 aromatic carbocycles. The topological polar surface area (TPSA) is 197 Å². The van der Waals surface area contributed by atoms with E-state index in [2.05, 4.69) is 19.6 Å². The molecule has 0 bridgehead atoms. The first-order chi connectivity index (χ1) is 9.08. The van der Waals surface area contributed by atoms with Crippen molar-refractivity contribution in [2.24, 2.45) is 0 Å². The molecule has 0 atom stereocenters. The van der Waals surface area contributed by atoms with Crippen LogP contribution in [0.4, 0.5) is 0 Å². The molecule has 14 heteroatoms. The Balaban J connectivity index is -0.0000000376. The SMILES string of the molecule is CC(=O)O[O-].CC(=O)O[O-].CC(=O)O[O-].CC(=O)O[O-].[Ca+2].[Mg+2]. The molecule has 0 unspecified atom stereocenters. The summed E-state index contributed by atoms with van der Waals surface area (Å²) in [6.45, 7) is 4.19. The quantitative estimate of drug-likeness (QED) is 0.225. The van der Waals surface area contributed by atoms with Gasteiger partial charge in [0.25, 0.3) is 23.9 Å². The summed E-state index contributed by atoms with van der Waals surface area (Å²) in [6.07, 6.45) is 0. The third-order valence-corrected chi connectivity index (χ3v) is 0.469. The monoisotopic (exact) mass is 364 g/mol. The minimum atomic E-state index is -0.801. The molecule has 0 aromatic heterocycles. The van der Waals surface area contributed by atoms with E-state index < -0.39 is 23.9 Å². The summed E-state index contributed by atoms with van der Waals surface area (Å²) in [6, 6.07) is 0. The zero-order valence-electron chi connectivity index (χ0n) is 12.3. The van der Waals surface area contributed by atoms with Crippen LogP contribution in [-0.4, -0.2) is 84.7 Å². The number of hydrogen-bond acceptors (Lipinski definition) is 12. The van der Waals surface area contributed by atoms with Crippen molar-refractivity contribution in [2.45, 2.75) is 27.7 Å². The minimum Gasteiger partial charge on any atom is -0.662 e. The molecule has 0 aliphatic carbocycles. The molecule has 22 heavy (non-hydrogen) atoms. The van der Waals surface area contributed by atoms with E-state index >= 15 is 0 Å². The van der Waals surface area contributed by atoms with Crippen molar-refractivity contribution in [3.63, 3.8) is 0 Å². The molecule has 0 heterocycles. The first-order valence-electron chi connectivity index (χ1n) is 4.30. The summed E-state index contributed by atoms with van der Waals surface area (Å²) in [5.74, 6) is -3.20. The smallest absolute Gasteiger partial charge is 0.662 e. The van der Waals surface area contributed by atoms with E-state index in [4.69, 9.17) is 21.0 Å². The van der Waals surface area contributed by atoms with Crippen LogP contribution in [0.2, 0.25) is 0 Å².